The maximum atomic E-state index is 12.7. The van der Waals surface area contributed by atoms with Gasteiger partial charge in [0.15, 0.2) is 5.78 Å². The van der Waals surface area contributed by atoms with Crippen LogP contribution < -0.4 is 9.64 Å². The molecule has 136 valence electrons. The lowest BCUT2D eigenvalue weighted by Crippen LogP contribution is -2.37. The van der Waals surface area contributed by atoms with Crippen LogP contribution in [0.4, 0.5) is 5.69 Å². The molecule has 5 nitrogen and oxygen atoms in total. The minimum atomic E-state index is -0.862. The Kier molecular flexibility index (Phi) is 4.38. The average Bonchev–Trinajstić information content (AvgIpc) is 2.95. The van der Waals surface area contributed by atoms with Gasteiger partial charge in [0.2, 0.25) is 0 Å². The van der Waals surface area contributed by atoms with E-state index in [1.54, 1.807) is 29.2 Å². The lowest BCUT2D eigenvalue weighted by Gasteiger charge is -2.21. The fraction of sp³-hybridized carbons (Fsp3) is 0.182. The molecule has 3 aromatic rings. The number of amides is 1. The minimum absolute atomic E-state index is 0.0253. The highest BCUT2D eigenvalue weighted by atomic mass is 16.5. The second kappa shape index (κ2) is 6.85. The monoisotopic (exact) mass is 361 g/mol. The first-order chi connectivity index (χ1) is 13.0. The summed E-state index contributed by atoms with van der Waals surface area (Å²) in [5.41, 5.74) is 2.02. The number of carbonyl (C=O) groups is 2. The van der Waals surface area contributed by atoms with Crippen LogP contribution in [0.5, 0.6) is 5.75 Å². The summed E-state index contributed by atoms with van der Waals surface area (Å²) in [5.74, 6) is 0.355. The van der Waals surface area contributed by atoms with E-state index in [2.05, 4.69) is 0 Å². The van der Waals surface area contributed by atoms with E-state index in [1.165, 1.54) is 6.92 Å². The third kappa shape index (κ3) is 3.17. The quantitative estimate of drug-likeness (QED) is 0.683. The highest BCUT2D eigenvalue weighted by molar-refractivity contribution is 6.25. The number of Topliss-reactive ketones (excluding diaryl/α,β-unsaturated/α-hetero) is 1. The van der Waals surface area contributed by atoms with Crippen molar-refractivity contribution in [2.75, 3.05) is 18.1 Å². The van der Waals surface area contributed by atoms with Crippen molar-refractivity contribution in [2.45, 2.75) is 13.0 Å². The number of rotatable bonds is 6. The highest BCUT2D eigenvalue weighted by Crippen LogP contribution is 2.37. The molecular formula is C22H19NO4. The van der Waals surface area contributed by atoms with Crippen LogP contribution >= 0.6 is 0 Å². The summed E-state index contributed by atoms with van der Waals surface area (Å²) >= 11 is 0. The Hall–Kier alpha value is -3.18. The van der Waals surface area contributed by atoms with E-state index in [9.17, 15) is 14.7 Å². The number of hydrogen-bond donors (Lipinski definition) is 1. The van der Waals surface area contributed by atoms with Crippen molar-refractivity contribution in [1.82, 2.24) is 0 Å². The third-order valence-corrected chi connectivity index (χ3v) is 4.73. The predicted molar refractivity (Wildman–Crippen MR) is 104 cm³/mol. The second-order valence-electron chi connectivity index (χ2n) is 6.65. The molecule has 5 heteroatoms. The SMILES string of the molecule is CC(=O)c1cccc(OCC(O)CN2C(=O)c3cccc4cccc2c34)c1. The van der Waals surface area contributed by atoms with Crippen LogP contribution in [0.25, 0.3) is 10.8 Å². The zero-order chi connectivity index (χ0) is 19.0. The number of hydrogen-bond acceptors (Lipinski definition) is 4. The lowest BCUT2D eigenvalue weighted by atomic mass is 10.1. The number of ether oxygens (including phenoxy) is 1. The molecule has 1 unspecified atom stereocenters. The number of anilines is 1. The van der Waals surface area contributed by atoms with E-state index >= 15 is 0 Å². The van der Waals surface area contributed by atoms with Gasteiger partial charge in [0.1, 0.15) is 18.5 Å². The van der Waals surface area contributed by atoms with Gasteiger partial charge in [-0.2, -0.15) is 0 Å². The molecule has 0 saturated heterocycles. The molecule has 1 N–H and O–H groups in total. The molecule has 0 saturated carbocycles. The number of nitrogens with zero attached hydrogens (tertiary/aromatic N) is 1. The van der Waals surface area contributed by atoms with Gasteiger partial charge in [0.25, 0.3) is 5.91 Å². The van der Waals surface area contributed by atoms with Gasteiger partial charge in [-0.25, -0.2) is 0 Å². The van der Waals surface area contributed by atoms with Crippen molar-refractivity contribution < 1.29 is 19.4 Å². The molecule has 0 bridgehead atoms. The van der Waals surface area contributed by atoms with E-state index in [0.717, 1.165) is 16.5 Å². The van der Waals surface area contributed by atoms with Crippen LogP contribution in [0.15, 0.2) is 60.7 Å². The molecule has 1 amide bonds. The van der Waals surface area contributed by atoms with Gasteiger partial charge in [-0.3, -0.25) is 9.59 Å². The lowest BCUT2D eigenvalue weighted by molar-refractivity contribution is 0.0912. The largest absolute Gasteiger partial charge is 0.491 e. The first kappa shape index (κ1) is 17.2. The number of aliphatic hydroxyl groups excluding tert-OH is 1. The van der Waals surface area contributed by atoms with Crippen LogP contribution in [0.3, 0.4) is 0 Å². The summed E-state index contributed by atoms with van der Waals surface area (Å²) in [6.07, 6.45) is -0.862. The van der Waals surface area contributed by atoms with E-state index in [0.29, 0.717) is 16.9 Å². The number of ketones is 1. The smallest absolute Gasteiger partial charge is 0.259 e. The number of β-amino-alcohol motifs (C(OH)–C–C–N with tert-alkyl or cyclic N) is 1. The summed E-state index contributed by atoms with van der Waals surface area (Å²) in [4.78, 5) is 25.8. The van der Waals surface area contributed by atoms with Gasteiger partial charge in [-0.05, 0) is 36.6 Å². The molecule has 0 aromatic heterocycles. The van der Waals surface area contributed by atoms with Crippen molar-refractivity contribution in [1.29, 1.82) is 0 Å². The first-order valence-electron chi connectivity index (χ1n) is 8.80. The van der Waals surface area contributed by atoms with Crippen molar-refractivity contribution in [2.24, 2.45) is 0 Å². The summed E-state index contributed by atoms with van der Waals surface area (Å²) in [6.45, 7) is 1.65. The molecular weight excluding hydrogens is 342 g/mol. The zero-order valence-corrected chi connectivity index (χ0v) is 14.9. The van der Waals surface area contributed by atoms with E-state index in [1.807, 2.05) is 36.4 Å². The Morgan fingerprint density at radius 3 is 2.63 bits per heavy atom. The Morgan fingerprint density at radius 2 is 1.85 bits per heavy atom. The van der Waals surface area contributed by atoms with Crippen molar-refractivity contribution in [3.8, 4) is 5.75 Å². The molecule has 1 heterocycles. The summed E-state index contributed by atoms with van der Waals surface area (Å²) in [7, 11) is 0. The molecule has 1 aliphatic heterocycles. The minimum Gasteiger partial charge on any atom is -0.491 e. The summed E-state index contributed by atoms with van der Waals surface area (Å²) < 4.78 is 5.61. The third-order valence-electron chi connectivity index (χ3n) is 4.73. The number of aliphatic hydroxyl groups is 1. The van der Waals surface area contributed by atoms with Crippen LogP contribution in [0, 0.1) is 0 Å². The number of carbonyl (C=O) groups excluding carboxylic acids is 2. The van der Waals surface area contributed by atoms with Gasteiger partial charge < -0.3 is 14.7 Å². The Labute approximate surface area is 156 Å². The first-order valence-corrected chi connectivity index (χ1v) is 8.80. The van der Waals surface area contributed by atoms with Crippen LogP contribution in [0.2, 0.25) is 0 Å². The van der Waals surface area contributed by atoms with Crippen LogP contribution in [0.1, 0.15) is 27.6 Å². The molecule has 0 spiro atoms. The van der Waals surface area contributed by atoms with Crippen molar-refractivity contribution in [3.05, 3.63) is 71.8 Å². The zero-order valence-electron chi connectivity index (χ0n) is 14.9. The normalized spacial score (nSPS) is 13.9. The standard InChI is InChI=1S/C22H19NO4/c1-14(24)16-7-2-8-18(11-16)27-13-17(25)12-23-20-10-4-6-15-5-3-9-19(21(15)20)22(23)26/h2-11,17,25H,12-13H2,1H3. The fourth-order valence-electron chi connectivity index (χ4n) is 3.42. The Bertz CT molecular complexity index is 1040. The molecule has 0 fully saturated rings. The summed E-state index contributed by atoms with van der Waals surface area (Å²) in [5, 5.41) is 12.3. The van der Waals surface area contributed by atoms with Crippen molar-refractivity contribution >= 4 is 28.2 Å². The van der Waals surface area contributed by atoms with Gasteiger partial charge in [-0.1, -0.05) is 36.4 Å². The number of benzene rings is 3. The van der Waals surface area contributed by atoms with Crippen LogP contribution in [-0.4, -0.2) is 36.1 Å². The van der Waals surface area contributed by atoms with E-state index in [4.69, 9.17) is 4.74 Å². The van der Waals surface area contributed by atoms with Crippen LogP contribution in [-0.2, 0) is 0 Å². The maximum absolute atomic E-state index is 12.7. The highest BCUT2D eigenvalue weighted by Gasteiger charge is 2.30. The molecule has 1 aliphatic rings. The predicted octanol–water partition coefficient (Wildman–Crippen LogP) is 3.44. The molecule has 3 aromatic carbocycles. The van der Waals surface area contributed by atoms with Gasteiger partial charge in [0, 0.05) is 16.5 Å². The molecule has 27 heavy (non-hydrogen) atoms. The molecule has 0 radical (unpaired) electrons. The Balaban J connectivity index is 1.47. The van der Waals surface area contributed by atoms with Gasteiger partial charge in [-0.15, -0.1) is 0 Å². The average molecular weight is 361 g/mol. The molecule has 1 atom stereocenters. The summed E-state index contributed by atoms with van der Waals surface area (Å²) in [6, 6.07) is 18.2. The van der Waals surface area contributed by atoms with E-state index < -0.39 is 6.10 Å². The maximum Gasteiger partial charge on any atom is 0.259 e. The van der Waals surface area contributed by atoms with Crippen molar-refractivity contribution in [3.63, 3.8) is 0 Å². The Morgan fingerprint density at radius 1 is 1.11 bits per heavy atom. The fourth-order valence-corrected chi connectivity index (χ4v) is 3.42. The van der Waals surface area contributed by atoms with Gasteiger partial charge in [0.05, 0.1) is 12.2 Å². The van der Waals surface area contributed by atoms with E-state index in [-0.39, 0.29) is 24.8 Å². The van der Waals surface area contributed by atoms with Gasteiger partial charge >= 0.3 is 0 Å². The topological polar surface area (TPSA) is 66.8 Å². The molecule has 0 aliphatic carbocycles. The second-order valence-corrected chi connectivity index (χ2v) is 6.65. The molecule has 4 rings (SSSR count).